The lowest BCUT2D eigenvalue weighted by atomic mass is 9.94. The lowest BCUT2D eigenvalue weighted by molar-refractivity contribution is -0.123. The van der Waals surface area contributed by atoms with Crippen LogP contribution in [-0.4, -0.2) is 44.9 Å². The van der Waals surface area contributed by atoms with Gasteiger partial charge >= 0.3 is 0 Å². The zero-order chi connectivity index (χ0) is 22.0. The lowest BCUT2D eigenvalue weighted by Gasteiger charge is -2.20. The Hall–Kier alpha value is -2.46. The first-order chi connectivity index (χ1) is 15.0. The fourth-order valence-electron chi connectivity index (χ4n) is 3.52. The summed E-state index contributed by atoms with van der Waals surface area (Å²) in [5.74, 6) is 0.506. The van der Waals surface area contributed by atoms with Gasteiger partial charge in [-0.1, -0.05) is 48.5 Å². The minimum Gasteiger partial charge on any atom is -0.395 e. The number of aliphatic hydroxyl groups excluding tert-OH is 1. The summed E-state index contributed by atoms with van der Waals surface area (Å²) in [6.07, 6.45) is 0. The molecule has 3 aromatic rings. The second-order valence-corrected chi connectivity index (χ2v) is 8.65. The van der Waals surface area contributed by atoms with Crippen molar-refractivity contribution < 1.29 is 14.6 Å². The van der Waals surface area contributed by atoms with Gasteiger partial charge in [-0.05, 0) is 28.0 Å². The number of nitrogens with two attached hydrogens (primary N) is 1. The molecular weight excluding hydrogens is 438 g/mol. The molecule has 2 aromatic carbocycles. The molecule has 0 saturated heterocycles. The molecular formula is C21H22ClN5O3S. The van der Waals surface area contributed by atoms with Gasteiger partial charge in [0.05, 0.1) is 24.8 Å². The van der Waals surface area contributed by atoms with E-state index >= 15 is 0 Å². The normalized spacial score (nSPS) is 13.9. The first-order valence-corrected chi connectivity index (χ1v) is 11.2. The number of nitrogens with one attached hydrogen (secondary N) is 1. The van der Waals surface area contributed by atoms with Gasteiger partial charge in [0.2, 0.25) is 11.9 Å². The molecule has 1 aliphatic rings. The van der Waals surface area contributed by atoms with Crippen LogP contribution < -0.4 is 11.1 Å². The number of thioether (sulfide) groups is 1. The van der Waals surface area contributed by atoms with Crippen LogP contribution in [-0.2, 0) is 22.7 Å². The third-order valence-electron chi connectivity index (χ3n) is 4.97. The van der Waals surface area contributed by atoms with Crippen molar-refractivity contribution in [1.29, 1.82) is 0 Å². The Morgan fingerprint density at radius 3 is 2.94 bits per heavy atom. The first-order valence-electron chi connectivity index (χ1n) is 9.82. The number of aliphatic hydroxyl groups is 1. The van der Waals surface area contributed by atoms with Crippen molar-refractivity contribution in [1.82, 2.24) is 20.3 Å². The lowest BCUT2D eigenvalue weighted by Crippen LogP contribution is -2.32. The summed E-state index contributed by atoms with van der Waals surface area (Å²) in [6.45, 7) is 2.98. The van der Waals surface area contributed by atoms with Gasteiger partial charge in [-0.15, -0.1) is 0 Å². The molecule has 1 atom stereocenters. The molecule has 0 bridgehead atoms. The topological polar surface area (TPSA) is 123 Å². The summed E-state index contributed by atoms with van der Waals surface area (Å²) < 4.78 is 5.65. The van der Waals surface area contributed by atoms with Crippen molar-refractivity contribution in [2.75, 3.05) is 24.6 Å². The molecule has 31 heavy (non-hydrogen) atoms. The molecule has 2 heterocycles. The zero-order valence-corrected chi connectivity index (χ0v) is 18.5. The van der Waals surface area contributed by atoms with Gasteiger partial charge < -0.3 is 20.9 Å². The number of rotatable bonds is 7. The molecule has 1 unspecified atom stereocenters. The molecule has 0 saturated carbocycles. The number of nitrogen functional groups attached to an aromatic ring is 1. The minimum atomic E-state index is -0.290. The Morgan fingerprint density at radius 2 is 2.13 bits per heavy atom. The SMILES string of the molecule is CC(CSc1nc(N)nc(-c2c(Cl)cc3c4c(cccc24)COC3)n1)C(=O)NCCO. The fourth-order valence-corrected chi connectivity index (χ4v) is 4.70. The molecule has 162 valence electrons. The van der Waals surface area contributed by atoms with Crippen LogP contribution in [0.2, 0.25) is 5.02 Å². The summed E-state index contributed by atoms with van der Waals surface area (Å²) in [4.78, 5) is 25.2. The molecule has 4 N–H and O–H groups in total. The summed E-state index contributed by atoms with van der Waals surface area (Å²) in [7, 11) is 0. The quantitative estimate of drug-likeness (QED) is 0.461. The van der Waals surface area contributed by atoms with Crippen molar-refractivity contribution in [3.63, 3.8) is 0 Å². The maximum Gasteiger partial charge on any atom is 0.224 e. The van der Waals surface area contributed by atoms with E-state index < -0.39 is 0 Å². The van der Waals surface area contributed by atoms with Crippen LogP contribution in [0.1, 0.15) is 18.1 Å². The van der Waals surface area contributed by atoms with Crippen LogP contribution in [0.3, 0.4) is 0 Å². The van der Waals surface area contributed by atoms with E-state index in [9.17, 15) is 4.79 Å². The number of anilines is 1. The van der Waals surface area contributed by atoms with E-state index in [1.807, 2.05) is 24.3 Å². The van der Waals surface area contributed by atoms with Crippen LogP contribution in [0.4, 0.5) is 5.95 Å². The molecule has 0 radical (unpaired) electrons. The molecule has 0 spiro atoms. The average Bonchev–Trinajstić information content (AvgIpc) is 2.75. The second-order valence-electron chi connectivity index (χ2n) is 7.25. The fraction of sp³-hybridized carbons (Fsp3) is 0.333. The monoisotopic (exact) mass is 459 g/mol. The summed E-state index contributed by atoms with van der Waals surface area (Å²) in [6, 6.07) is 7.88. The Bertz CT molecular complexity index is 1140. The van der Waals surface area contributed by atoms with E-state index in [4.69, 9.17) is 27.2 Å². The van der Waals surface area contributed by atoms with Crippen LogP contribution >= 0.6 is 23.4 Å². The number of carbonyl (C=O) groups is 1. The first kappa shape index (κ1) is 21.8. The highest BCUT2D eigenvalue weighted by Crippen LogP contribution is 2.39. The zero-order valence-electron chi connectivity index (χ0n) is 16.9. The van der Waals surface area contributed by atoms with Crippen molar-refractivity contribution in [3.8, 4) is 11.4 Å². The highest BCUT2D eigenvalue weighted by atomic mass is 35.5. The Kier molecular flexibility index (Phi) is 6.57. The number of nitrogens with zero attached hydrogens (tertiary/aromatic N) is 3. The molecule has 1 amide bonds. The smallest absolute Gasteiger partial charge is 0.224 e. The maximum atomic E-state index is 12.0. The minimum absolute atomic E-state index is 0.0877. The summed E-state index contributed by atoms with van der Waals surface area (Å²) >= 11 is 7.96. The third-order valence-corrected chi connectivity index (χ3v) is 6.38. The molecule has 4 rings (SSSR count). The predicted octanol–water partition coefficient (Wildman–Crippen LogP) is 2.79. The molecule has 1 aliphatic heterocycles. The van der Waals surface area contributed by atoms with Crippen LogP contribution in [0, 0.1) is 5.92 Å². The third kappa shape index (κ3) is 4.59. The van der Waals surface area contributed by atoms with E-state index in [0.717, 1.165) is 21.9 Å². The van der Waals surface area contributed by atoms with Gasteiger partial charge in [-0.2, -0.15) is 9.97 Å². The van der Waals surface area contributed by atoms with Crippen molar-refractivity contribution >= 4 is 46.0 Å². The van der Waals surface area contributed by atoms with E-state index in [0.29, 0.717) is 40.5 Å². The van der Waals surface area contributed by atoms with Gasteiger partial charge in [0, 0.05) is 23.8 Å². The number of halogens is 1. The van der Waals surface area contributed by atoms with E-state index in [2.05, 4.69) is 20.3 Å². The van der Waals surface area contributed by atoms with Crippen LogP contribution in [0.15, 0.2) is 29.4 Å². The summed E-state index contributed by atoms with van der Waals surface area (Å²) in [5.41, 5.74) is 8.80. The number of hydrogen-bond donors (Lipinski definition) is 3. The Balaban J connectivity index is 1.67. The van der Waals surface area contributed by atoms with Crippen LogP contribution in [0.25, 0.3) is 22.2 Å². The molecule has 0 fully saturated rings. The van der Waals surface area contributed by atoms with Gasteiger partial charge in [-0.25, -0.2) is 4.98 Å². The van der Waals surface area contributed by atoms with Crippen molar-refractivity contribution in [2.24, 2.45) is 5.92 Å². The number of carbonyl (C=O) groups excluding carboxylic acids is 1. The summed E-state index contributed by atoms with van der Waals surface area (Å²) in [5, 5.41) is 14.5. The number of hydrogen-bond acceptors (Lipinski definition) is 8. The Morgan fingerprint density at radius 1 is 1.32 bits per heavy atom. The Labute approximate surface area is 188 Å². The van der Waals surface area contributed by atoms with Gasteiger partial charge in [-0.3, -0.25) is 4.79 Å². The van der Waals surface area contributed by atoms with Crippen LogP contribution in [0.5, 0.6) is 0 Å². The number of aromatic nitrogens is 3. The van der Waals surface area contributed by atoms with Gasteiger partial charge in [0.15, 0.2) is 11.0 Å². The highest BCUT2D eigenvalue weighted by Gasteiger charge is 2.21. The molecule has 0 aliphatic carbocycles. The van der Waals surface area contributed by atoms with Crippen molar-refractivity contribution in [2.45, 2.75) is 25.3 Å². The van der Waals surface area contributed by atoms with E-state index in [1.54, 1.807) is 6.92 Å². The predicted molar refractivity (Wildman–Crippen MR) is 121 cm³/mol. The van der Waals surface area contributed by atoms with Gasteiger partial charge in [0.25, 0.3) is 0 Å². The second kappa shape index (κ2) is 9.35. The molecule has 10 heteroatoms. The average molecular weight is 460 g/mol. The van der Waals surface area contributed by atoms with E-state index in [-0.39, 0.29) is 30.9 Å². The standard InChI is InChI=1S/C21H22ClN5O3S/c1-11(19(29)24-5-6-28)10-31-21-26-18(25-20(23)27-21)17-14-4-2-3-12-8-30-9-13(16(12)14)7-15(17)22/h2-4,7,11,28H,5-6,8-10H2,1H3,(H,24,29)(H2,23,25,26,27). The van der Waals surface area contributed by atoms with Gasteiger partial charge in [0.1, 0.15) is 0 Å². The largest absolute Gasteiger partial charge is 0.395 e. The van der Waals surface area contributed by atoms with Crippen molar-refractivity contribution in [3.05, 3.63) is 40.4 Å². The number of ether oxygens (including phenoxy) is 1. The number of amides is 1. The molecule has 8 nitrogen and oxygen atoms in total. The highest BCUT2D eigenvalue weighted by molar-refractivity contribution is 7.99. The molecule has 1 aromatic heterocycles. The number of benzene rings is 2. The maximum absolute atomic E-state index is 12.0. The van der Waals surface area contributed by atoms with E-state index in [1.165, 1.54) is 11.8 Å².